The third-order valence-corrected chi connectivity index (χ3v) is 4.06. The van der Waals surface area contributed by atoms with Gasteiger partial charge in [-0.1, -0.05) is 42.5 Å². The Bertz CT molecular complexity index is 1050. The summed E-state index contributed by atoms with van der Waals surface area (Å²) in [7, 11) is 0. The summed E-state index contributed by atoms with van der Waals surface area (Å²) >= 11 is 0. The van der Waals surface area contributed by atoms with Crippen LogP contribution in [0.15, 0.2) is 72.9 Å². The zero-order valence-electron chi connectivity index (χ0n) is 15.7. The van der Waals surface area contributed by atoms with E-state index in [-0.39, 0.29) is 17.4 Å². The molecule has 1 aromatic heterocycles. The highest BCUT2D eigenvalue weighted by molar-refractivity contribution is 6.01. The van der Waals surface area contributed by atoms with Gasteiger partial charge in [0.1, 0.15) is 24.4 Å². The van der Waals surface area contributed by atoms with Crippen LogP contribution in [0.3, 0.4) is 0 Å². The first-order valence-corrected chi connectivity index (χ1v) is 8.88. The number of carbonyl (C=O) groups excluding carboxylic acids is 1. The summed E-state index contributed by atoms with van der Waals surface area (Å²) in [6.45, 7) is 2.05. The Labute approximate surface area is 167 Å². The molecule has 146 valence electrons. The summed E-state index contributed by atoms with van der Waals surface area (Å²) in [5, 5.41) is 13.4. The van der Waals surface area contributed by atoms with Crippen LogP contribution in [0.4, 0.5) is 11.5 Å². The normalized spacial score (nSPS) is 10.7. The molecule has 0 atom stereocenters. The van der Waals surface area contributed by atoms with Gasteiger partial charge in [-0.25, -0.2) is 4.98 Å². The van der Waals surface area contributed by atoms with Crippen LogP contribution < -0.4 is 10.1 Å². The van der Waals surface area contributed by atoms with Gasteiger partial charge in [0.05, 0.1) is 4.92 Å². The molecule has 0 saturated carbocycles. The molecule has 2 aromatic carbocycles. The number of pyridine rings is 1. The molecule has 7 nitrogen and oxygen atoms in total. The van der Waals surface area contributed by atoms with E-state index in [1.807, 2.05) is 54.6 Å². The maximum Gasteiger partial charge on any atom is 0.290 e. The first kappa shape index (κ1) is 19.8. The molecule has 3 rings (SSSR count). The fourth-order valence-corrected chi connectivity index (χ4v) is 2.60. The quantitative estimate of drug-likeness (QED) is 0.364. The summed E-state index contributed by atoms with van der Waals surface area (Å²) in [5.41, 5.74) is 2.20. The highest BCUT2D eigenvalue weighted by atomic mass is 16.6. The van der Waals surface area contributed by atoms with Crippen LogP contribution in [0.1, 0.15) is 16.7 Å². The molecular formula is C22H19N3O4. The van der Waals surface area contributed by atoms with Crippen LogP contribution in [0.25, 0.3) is 6.08 Å². The molecule has 0 saturated heterocycles. The van der Waals surface area contributed by atoms with Crippen molar-refractivity contribution >= 4 is 23.5 Å². The van der Waals surface area contributed by atoms with E-state index in [4.69, 9.17) is 4.74 Å². The topological polar surface area (TPSA) is 94.4 Å². The Balaban J connectivity index is 1.60. The van der Waals surface area contributed by atoms with Crippen molar-refractivity contribution < 1.29 is 14.5 Å². The van der Waals surface area contributed by atoms with E-state index < -0.39 is 4.92 Å². The van der Waals surface area contributed by atoms with Crippen molar-refractivity contribution in [3.63, 3.8) is 0 Å². The highest BCUT2D eigenvalue weighted by Crippen LogP contribution is 2.19. The van der Waals surface area contributed by atoms with Gasteiger partial charge >= 0.3 is 0 Å². The van der Waals surface area contributed by atoms with Crippen LogP contribution in [0, 0.1) is 17.0 Å². The average Bonchev–Trinajstić information content (AvgIpc) is 2.72. The number of nitro groups is 1. The second-order valence-electron chi connectivity index (χ2n) is 6.28. The third-order valence-electron chi connectivity index (χ3n) is 4.06. The molecule has 0 aliphatic rings. The highest BCUT2D eigenvalue weighted by Gasteiger charge is 2.12. The lowest BCUT2D eigenvalue weighted by Crippen LogP contribution is -2.09. The number of amides is 1. The number of aryl methyl sites for hydroxylation is 1. The maximum atomic E-state index is 12.1. The zero-order chi connectivity index (χ0) is 20.6. The summed E-state index contributed by atoms with van der Waals surface area (Å²) in [6.07, 6.45) is 4.15. The number of rotatable bonds is 7. The lowest BCUT2D eigenvalue weighted by Gasteiger charge is -2.07. The van der Waals surface area contributed by atoms with E-state index in [0.717, 1.165) is 17.3 Å². The van der Waals surface area contributed by atoms with Gasteiger partial charge in [-0.2, -0.15) is 0 Å². The predicted molar refractivity (Wildman–Crippen MR) is 111 cm³/mol. The van der Waals surface area contributed by atoms with Gasteiger partial charge in [0.15, 0.2) is 0 Å². The number of benzene rings is 2. The number of nitrogens with one attached hydrogen (secondary N) is 1. The SMILES string of the molecule is Cc1cc(NC(=O)/C=C/c2cccc(OCc3ccccc3)c2)ncc1[N+](=O)[O-]. The lowest BCUT2D eigenvalue weighted by molar-refractivity contribution is -0.385. The molecule has 0 aliphatic heterocycles. The minimum absolute atomic E-state index is 0.0918. The number of nitrogens with zero attached hydrogens (tertiary/aromatic N) is 2. The number of ether oxygens (including phenoxy) is 1. The minimum Gasteiger partial charge on any atom is -0.489 e. The van der Waals surface area contributed by atoms with Crippen LogP contribution in [-0.2, 0) is 11.4 Å². The second kappa shape index (κ2) is 9.27. The number of hydrogen-bond donors (Lipinski definition) is 1. The maximum absolute atomic E-state index is 12.1. The molecule has 29 heavy (non-hydrogen) atoms. The largest absolute Gasteiger partial charge is 0.489 e. The van der Waals surface area contributed by atoms with Gasteiger partial charge in [0.2, 0.25) is 5.91 Å². The molecule has 1 heterocycles. The molecule has 1 amide bonds. The van der Waals surface area contributed by atoms with Crippen molar-refractivity contribution in [2.24, 2.45) is 0 Å². The number of anilines is 1. The van der Waals surface area contributed by atoms with Crippen LogP contribution in [-0.4, -0.2) is 15.8 Å². The van der Waals surface area contributed by atoms with Crippen molar-refractivity contribution in [2.45, 2.75) is 13.5 Å². The monoisotopic (exact) mass is 389 g/mol. The molecule has 1 N–H and O–H groups in total. The Morgan fingerprint density at radius 1 is 1.17 bits per heavy atom. The predicted octanol–water partition coefficient (Wildman–Crippen LogP) is 4.53. The first-order chi connectivity index (χ1) is 14.0. The Hall–Kier alpha value is -4.00. The second-order valence-corrected chi connectivity index (χ2v) is 6.28. The van der Waals surface area contributed by atoms with E-state index in [0.29, 0.717) is 17.9 Å². The van der Waals surface area contributed by atoms with Gasteiger partial charge in [0, 0.05) is 11.6 Å². The summed E-state index contributed by atoms with van der Waals surface area (Å²) in [5.74, 6) is 0.563. The van der Waals surface area contributed by atoms with Crippen molar-refractivity contribution in [3.8, 4) is 5.75 Å². The molecule has 0 aliphatic carbocycles. The lowest BCUT2D eigenvalue weighted by atomic mass is 10.2. The van der Waals surface area contributed by atoms with Crippen molar-refractivity contribution in [2.75, 3.05) is 5.32 Å². The van der Waals surface area contributed by atoms with Gasteiger partial charge in [-0.3, -0.25) is 14.9 Å². The Morgan fingerprint density at radius 3 is 2.69 bits per heavy atom. The summed E-state index contributed by atoms with van der Waals surface area (Å²) in [4.78, 5) is 26.3. The number of hydrogen-bond acceptors (Lipinski definition) is 5. The molecule has 0 radical (unpaired) electrons. The van der Waals surface area contributed by atoms with E-state index in [2.05, 4.69) is 10.3 Å². The van der Waals surface area contributed by atoms with E-state index in [1.54, 1.807) is 13.0 Å². The van der Waals surface area contributed by atoms with E-state index >= 15 is 0 Å². The van der Waals surface area contributed by atoms with E-state index in [1.165, 1.54) is 12.1 Å². The average molecular weight is 389 g/mol. The molecular weight excluding hydrogens is 370 g/mol. The standard InChI is InChI=1S/C22H19N3O4/c1-16-12-21(23-14-20(16)25(27)28)24-22(26)11-10-17-8-5-9-19(13-17)29-15-18-6-3-2-4-7-18/h2-14H,15H2,1H3,(H,23,24,26)/b11-10+. The van der Waals surface area contributed by atoms with Crippen molar-refractivity contribution in [3.05, 3.63) is 99.7 Å². The van der Waals surface area contributed by atoms with Crippen LogP contribution >= 0.6 is 0 Å². The Morgan fingerprint density at radius 2 is 1.97 bits per heavy atom. The van der Waals surface area contributed by atoms with Crippen LogP contribution in [0.2, 0.25) is 0 Å². The van der Waals surface area contributed by atoms with Crippen molar-refractivity contribution in [1.82, 2.24) is 4.98 Å². The Kier molecular flexibility index (Phi) is 6.32. The number of aromatic nitrogens is 1. The van der Waals surface area contributed by atoms with Crippen LogP contribution in [0.5, 0.6) is 5.75 Å². The first-order valence-electron chi connectivity index (χ1n) is 8.88. The van der Waals surface area contributed by atoms with Gasteiger partial charge in [-0.15, -0.1) is 0 Å². The summed E-state index contributed by atoms with van der Waals surface area (Å²) in [6, 6.07) is 18.7. The summed E-state index contributed by atoms with van der Waals surface area (Å²) < 4.78 is 5.78. The fraction of sp³-hybridized carbons (Fsp3) is 0.0909. The molecule has 3 aromatic rings. The fourth-order valence-electron chi connectivity index (χ4n) is 2.60. The van der Waals surface area contributed by atoms with Gasteiger partial charge in [-0.05, 0) is 42.3 Å². The molecule has 7 heteroatoms. The van der Waals surface area contributed by atoms with Crippen molar-refractivity contribution in [1.29, 1.82) is 0 Å². The molecule has 0 unspecified atom stereocenters. The minimum atomic E-state index is -0.513. The number of carbonyl (C=O) groups is 1. The van der Waals surface area contributed by atoms with Gasteiger partial charge in [0.25, 0.3) is 5.69 Å². The molecule has 0 fully saturated rings. The molecule has 0 bridgehead atoms. The van der Waals surface area contributed by atoms with E-state index in [9.17, 15) is 14.9 Å². The van der Waals surface area contributed by atoms with Gasteiger partial charge < -0.3 is 10.1 Å². The smallest absolute Gasteiger partial charge is 0.290 e. The molecule has 0 spiro atoms. The zero-order valence-corrected chi connectivity index (χ0v) is 15.7. The third kappa shape index (κ3) is 5.74.